The lowest BCUT2D eigenvalue weighted by atomic mass is 10.1. The smallest absolute Gasteiger partial charge is 0.224 e. The van der Waals surface area contributed by atoms with Gasteiger partial charge in [0.2, 0.25) is 5.91 Å². The summed E-state index contributed by atoms with van der Waals surface area (Å²) in [5, 5.41) is 2.94. The summed E-state index contributed by atoms with van der Waals surface area (Å²) in [6, 6.07) is 7.76. The van der Waals surface area contributed by atoms with Gasteiger partial charge in [-0.1, -0.05) is 12.2 Å². The second-order valence-electron chi connectivity index (χ2n) is 5.03. The van der Waals surface area contributed by atoms with Crippen LogP contribution in [0.5, 0.6) is 0 Å². The summed E-state index contributed by atoms with van der Waals surface area (Å²) in [5.41, 5.74) is 1.86. The third kappa shape index (κ3) is 2.96. The molecule has 1 aliphatic carbocycles. The standard InChI is InChI=1S/C16H17N3O/c20-16(11-13-3-1-2-4-13)18-14-5-7-15(8-6-14)19-10-9-17-12-19/h1,3,5-10,12-13H,2,4,11H2,(H,18,20)/t13-/m0/s1. The van der Waals surface area contributed by atoms with E-state index in [4.69, 9.17) is 0 Å². The van der Waals surface area contributed by atoms with E-state index >= 15 is 0 Å². The Kier molecular flexibility index (Phi) is 3.63. The zero-order chi connectivity index (χ0) is 13.8. The fourth-order valence-corrected chi connectivity index (χ4v) is 2.44. The zero-order valence-corrected chi connectivity index (χ0v) is 11.2. The molecule has 0 spiro atoms. The van der Waals surface area contributed by atoms with Crippen LogP contribution in [0.25, 0.3) is 5.69 Å². The Morgan fingerprint density at radius 2 is 2.20 bits per heavy atom. The number of imidazole rings is 1. The quantitative estimate of drug-likeness (QED) is 0.865. The van der Waals surface area contributed by atoms with Gasteiger partial charge in [-0.15, -0.1) is 0 Å². The molecule has 4 nitrogen and oxygen atoms in total. The summed E-state index contributed by atoms with van der Waals surface area (Å²) in [5.74, 6) is 0.483. The highest BCUT2D eigenvalue weighted by atomic mass is 16.1. The van der Waals surface area contributed by atoms with Crippen molar-refractivity contribution < 1.29 is 4.79 Å². The van der Waals surface area contributed by atoms with Crippen LogP contribution >= 0.6 is 0 Å². The van der Waals surface area contributed by atoms with Gasteiger partial charge in [0, 0.05) is 30.2 Å². The number of hydrogen-bond acceptors (Lipinski definition) is 2. The molecule has 102 valence electrons. The summed E-state index contributed by atoms with van der Waals surface area (Å²) in [6.07, 6.45) is 12.4. The van der Waals surface area contributed by atoms with Crippen molar-refractivity contribution in [3.8, 4) is 5.69 Å². The first kappa shape index (κ1) is 12.7. The first-order valence-electron chi connectivity index (χ1n) is 6.86. The maximum atomic E-state index is 11.9. The average molecular weight is 267 g/mol. The second-order valence-corrected chi connectivity index (χ2v) is 5.03. The Balaban J connectivity index is 1.60. The summed E-state index contributed by atoms with van der Waals surface area (Å²) >= 11 is 0. The highest BCUT2D eigenvalue weighted by molar-refractivity contribution is 5.91. The number of nitrogens with zero attached hydrogens (tertiary/aromatic N) is 2. The Morgan fingerprint density at radius 1 is 1.35 bits per heavy atom. The number of nitrogens with one attached hydrogen (secondary N) is 1. The van der Waals surface area contributed by atoms with Gasteiger partial charge in [0.25, 0.3) is 0 Å². The molecule has 1 N–H and O–H groups in total. The number of anilines is 1. The van der Waals surface area contributed by atoms with Gasteiger partial charge in [-0.05, 0) is 43.0 Å². The molecule has 1 aromatic heterocycles. The molecule has 1 aromatic carbocycles. The van der Waals surface area contributed by atoms with Gasteiger partial charge >= 0.3 is 0 Å². The summed E-state index contributed by atoms with van der Waals surface area (Å²) < 4.78 is 1.93. The van der Waals surface area contributed by atoms with Crippen LogP contribution < -0.4 is 5.32 Å². The van der Waals surface area contributed by atoms with E-state index in [1.807, 2.05) is 35.0 Å². The van der Waals surface area contributed by atoms with Crippen LogP contribution in [0, 0.1) is 5.92 Å². The topological polar surface area (TPSA) is 46.9 Å². The minimum atomic E-state index is 0.0805. The van der Waals surface area contributed by atoms with E-state index in [1.54, 1.807) is 12.5 Å². The van der Waals surface area contributed by atoms with E-state index < -0.39 is 0 Å². The average Bonchev–Trinajstić information content (AvgIpc) is 3.12. The Morgan fingerprint density at radius 3 is 2.85 bits per heavy atom. The number of hydrogen-bond donors (Lipinski definition) is 1. The minimum Gasteiger partial charge on any atom is -0.326 e. The van der Waals surface area contributed by atoms with Gasteiger partial charge in [-0.3, -0.25) is 4.79 Å². The maximum absolute atomic E-state index is 11.9. The molecule has 0 fully saturated rings. The number of carbonyl (C=O) groups is 1. The number of rotatable bonds is 4. The molecule has 1 heterocycles. The molecular formula is C16H17N3O. The first-order valence-corrected chi connectivity index (χ1v) is 6.86. The van der Waals surface area contributed by atoms with Crippen molar-refractivity contribution in [1.29, 1.82) is 0 Å². The SMILES string of the molecule is O=C(C[C@H]1C=CCC1)Nc1ccc(-n2ccnc2)cc1. The first-order chi connectivity index (χ1) is 9.81. The number of benzene rings is 1. The number of aromatic nitrogens is 2. The van der Waals surface area contributed by atoms with Crippen molar-refractivity contribution in [2.45, 2.75) is 19.3 Å². The number of amides is 1. The fourth-order valence-electron chi connectivity index (χ4n) is 2.44. The van der Waals surface area contributed by atoms with Crippen molar-refractivity contribution in [3.63, 3.8) is 0 Å². The fraction of sp³-hybridized carbons (Fsp3) is 0.250. The van der Waals surface area contributed by atoms with Gasteiger partial charge in [0.05, 0.1) is 6.33 Å². The van der Waals surface area contributed by atoms with Crippen molar-refractivity contribution in [3.05, 3.63) is 55.1 Å². The highest BCUT2D eigenvalue weighted by Crippen LogP contribution is 2.21. The third-order valence-corrected chi connectivity index (χ3v) is 3.51. The van der Waals surface area contributed by atoms with Crippen LogP contribution in [-0.2, 0) is 4.79 Å². The maximum Gasteiger partial charge on any atom is 0.224 e. The molecule has 2 aromatic rings. The molecule has 0 bridgehead atoms. The second kappa shape index (κ2) is 5.74. The molecule has 0 saturated carbocycles. The lowest BCUT2D eigenvalue weighted by Gasteiger charge is -2.09. The number of allylic oxidation sites excluding steroid dienone is 2. The monoisotopic (exact) mass is 267 g/mol. The van der Waals surface area contributed by atoms with E-state index in [-0.39, 0.29) is 5.91 Å². The van der Waals surface area contributed by atoms with Gasteiger partial charge in [0.15, 0.2) is 0 Å². The molecule has 1 amide bonds. The minimum absolute atomic E-state index is 0.0805. The highest BCUT2D eigenvalue weighted by Gasteiger charge is 2.13. The zero-order valence-electron chi connectivity index (χ0n) is 11.2. The van der Waals surface area contributed by atoms with Crippen molar-refractivity contribution in [2.75, 3.05) is 5.32 Å². The predicted octanol–water partition coefficient (Wildman–Crippen LogP) is 3.17. The third-order valence-electron chi connectivity index (χ3n) is 3.51. The number of carbonyl (C=O) groups excluding carboxylic acids is 1. The Bertz CT molecular complexity index is 599. The molecule has 20 heavy (non-hydrogen) atoms. The largest absolute Gasteiger partial charge is 0.326 e. The van der Waals surface area contributed by atoms with Crippen LogP contribution in [0.4, 0.5) is 5.69 Å². The molecular weight excluding hydrogens is 250 g/mol. The molecule has 1 aliphatic rings. The van der Waals surface area contributed by atoms with Gasteiger partial charge in [-0.25, -0.2) is 4.98 Å². The Hall–Kier alpha value is -2.36. The van der Waals surface area contributed by atoms with Crippen molar-refractivity contribution in [1.82, 2.24) is 9.55 Å². The molecule has 1 atom stereocenters. The lowest BCUT2D eigenvalue weighted by Crippen LogP contribution is -2.14. The molecule has 3 rings (SSSR count). The lowest BCUT2D eigenvalue weighted by molar-refractivity contribution is -0.116. The molecule has 0 radical (unpaired) electrons. The Labute approximate surface area is 118 Å². The van der Waals surface area contributed by atoms with E-state index in [9.17, 15) is 4.79 Å². The van der Waals surface area contributed by atoms with Crippen LogP contribution in [-0.4, -0.2) is 15.5 Å². The van der Waals surface area contributed by atoms with Crippen LogP contribution in [0.3, 0.4) is 0 Å². The van der Waals surface area contributed by atoms with Gasteiger partial charge in [-0.2, -0.15) is 0 Å². The molecule has 4 heteroatoms. The van der Waals surface area contributed by atoms with E-state index in [1.165, 1.54) is 0 Å². The van der Waals surface area contributed by atoms with E-state index in [0.29, 0.717) is 12.3 Å². The normalized spacial score (nSPS) is 17.3. The molecule has 0 saturated heterocycles. The predicted molar refractivity (Wildman–Crippen MR) is 78.7 cm³/mol. The van der Waals surface area contributed by atoms with Crippen LogP contribution in [0.2, 0.25) is 0 Å². The summed E-state index contributed by atoms with van der Waals surface area (Å²) in [7, 11) is 0. The van der Waals surface area contributed by atoms with Crippen LogP contribution in [0.1, 0.15) is 19.3 Å². The van der Waals surface area contributed by atoms with Gasteiger partial charge in [0.1, 0.15) is 0 Å². The summed E-state index contributed by atoms with van der Waals surface area (Å²) in [4.78, 5) is 15.9. The van der Waals surface area contributed by atoms with E-state index in [0.717, 1.165) is 24.2 Å². The summed E-state index contributed by atoms with van der Waals surface area (Å²) in [6.45, 7) is 0. The van der Waals surface area contributed by atoms with Crippen molar-refractivity contribution in [2.24, 2.45) is 5.92 Å². The van der Waals surface area contributed by atoms with Crippen molar-refractivity contribution >= 4 is 11.6 Å². The molecule has 0 unspecified atom stereocenters. The van der Waals surface area contributed by atoms with Gasteiger partial charge < -0.3 is 9.88 Å². The molecule has 0 aliphatic heterocycles. The van der Waals surface area contributed by atoms with E-state index in [2.05, 4.69) is 22.5 Å². The van der Waals surface area contributed by atoms with Crippen LogP contribution in [0.15, 0.2) is 55.1 Å².